The van der Waals surface area contributed by atoms with E-state index in [4.69, 9.17) is 27.9 Å². The second-order valence-corrected chi connectivity index (χ2v) is 8.19. The summed E-state index contributed by atoms with van der Waals surface area (Å²) in [6.07, 6.45) is 0. The first-order valence-corrected chi connectivity index (χ1v) is 11.2. The first-order valence-electron chi connectivity index (χ1n) is 9.42. The predicted molar refractivity (Wildman–Crippen MR) is 125 cm³/mol. The first-order chi connectivity index (χ1) is 14.9. The van der Waals surface area contributed by atoms with Gasteiger partial charge in [0.25, 0.3) is 5.91 Å². The van der Waals surface area contributed by atoms with Crippen LogP contribution in [0.1, 0.15) is 19.4 Å². The number of ether oxygens (including phenoxy) is 1. The number of nitrogens with one attached hydrogen (secondary N) is 1. The highest BCUT2D eigenvalue weighted by Gasteiger charge is 2.15. The van der Waals surface area contributed by atoms with Crippen molar-refractivity contribution in [2.75, 3.05) is 12.9 Å². The largest absolute Gasteiger partial charge is 0.497 e. The van der Waals surface area contributed by atoms with Crippen LogP contribution in [0, 0.1) is 0 Å². The zero-order valence-corrected chi connectivity index (χ0v) is 19.6. The van der Waals surface area contributed by atoms with E-state index < -0.39 is 0 Å². The Kier molecular flexibility index (Phi) is 7.95. The molecular formula is C21H21Cl2N5O2S. The van der Waals surface area contributed by atoms with Gasteiger partial charge in [-0.3, -0.25) is 4.79 Å². The van der Waals surface area contributed by atoms with E-state index in [0.29, 0.717) is 27.5 Å². The Hall–Kier alpha value is -2.55. The number of carbonyl (C=O) groups is 1. The molecule has 1 heterocycles. The summed E-state index contributed by atoms with van der Waals surface area (Å²) in [6, 6.07) is 12.8. The summed E-state index contributed by atoms with van der Waals surface area (Å²) < 4.78 is 7.16. The molecule has 2 aromatic carbocycles. The molecular weight excluding hydrogens is 457 g/mol. The summed E-state index contributed by atoms with van der Waals surface area (Å²) in [6.45, 7) is 4.46. The van der Waals surface area contributed by atoms with Gasteiger partial charge in [0.1, 0.15) is 5.75 Å². The number of aromatic nitrogens is 3. The SMILES string of the molecule is CCn1c(SCC(=O)NN=C(C)c2ccc(Cl)c(Cl)c2)nnc1-c1ccc(OC)cc1. The Balaban J connectivity index is 1.63. The van der Waals surface area contributed by atoms with E-state index in [-0.39, 0.29) is 11.7 Å². The van der Waals surface area contributed by atoms with Gasteiger partial charge in [-0.25, -0.2) is 5.43 Å². The number of benzene rings is 2. The van der Waals surface area contributed by atoms with Crippen LogP contribution in [0.5, 0.6) is 5.75 Å². The summed E-state index contributed by atoms with van der Waals surface area (Å²) in [4.78, 5) is 12.3. The van der Waals surface area contributed by atoms with E-state index >= 15 is 0 Å². The van der Waals surface area contributed by atoms with Gasteiger partial charge in [0.05, 0.1) is 28.6 Å². The molecule has 1 N–H and O–H groups in total. The molecule has 0 bridgehead atoms. The molecule has 3 aromatic rings. The zero-order valence-electron chi connectivity index (χ0n) is 17.2. The van der Waals surface area contributed by atoms with Crippen molar-refractivity contribution >= 4 is 46.6 Å². The molecule has 0 atom stereocenters. The van der Waals surface area contributed by atoms with Gasteiger partial charge in [-0.05, 0) is 55.8 Å². The van der Waals surface area contributed by atoms with E-state index in [0.717, 1.165) is 22.7 Å². The van der Waals surface area contributed by atoms with E-state index in [1.807, 2.05) is 35.8 Å². The van der Waals surface area contributed by atoms with E-state index in [1.165, 1.54) is 11.8 Å². The highest BCUT2D eigenvalue weighted by atomic mass is 35.5. The molecule has 10 heteroatoms. The van der Waals surface area contributed by atoms with Gasteiger partial charge in [0.15, 0.2) is 11.0 Å². The maximum Gasteiger partial charge on any atom is 0.250 e. The third-order valence-corrected chi connectivity index (χ3v) is 6.11. The second-order valence-electron chi connectivity index (χ2n) is 6.43. The summed E-state index contributed by atoms with van der Waals surface area (Å²) in [5.41, 5.74) is 4.87. The molecule has 0 aliphatic carbocycles. The molecule has 0 unspecified atom stereocenters. The Morgan fingerprint density at radius 1 is 1.16 bits per heavy atom. The summed E-state index contributed by atoms with van der Waals surface area (Å²) in [5.74, 6) is 1.41. The molecule has 0 saturated heterocycles. The highest BCUT2D eigenvalue weighted by molar-refractivity contribution is 7.99. The van der Waals surface area contributed by atoms with Crippen molar-refractivity contribution in [2.45, 2.75) is 25.5 Å². The van der Waals surface area contributed by atoms with Gasteiger partial charge in [0, 0.05) is 12.1 Å². The smallest absolute Gasteiger partial charge is 0.250 e. The van der Waals surface area contributed by atoms with Gasteiger partial charge < -0.3 is 9.30 Å². The molecule has 31 heavy (non-hydrogen) atoms. The zero-order chi connectivity index (χ0) is 22.4. The minimum atomic E-state index is -0.249. The number of hydrogen-bond donors (Lipinski definition) is 1. The van der Waals surface area contributed by atoms with E-state index in [2.05, 4.69) is 20.7 Å². The van der Waals surface area contributed by atoms with Crippen LogP contribution in [0.25, 0.3) is 11.4 Å². The third-order valence-electron chi connectivity index (χ3n) is 4.40. The van der Waals surface area contributed by atoms with Gasteiger partial charge in [-0.1, -0.05) is 41.0 Å². The van der Waals surface area contributed by atoms with Crippen molar-refractivity contribution in [1.29, 1.82) is 0 Å². The van der Waals surface area contributed by atoms with Crippen molar-refractivity contribution in [1.82, 2.24) is 20.2 Å². The molecule has 0 spiro atoms. The fourth-order valence-corrected chi connectivity index (χ4v) is 3.82. The number of amides is 1. The van der Waals surface area contributed by atoms with Crippen LogP contribution in [0.15, 0.2) is 52.7 Å². The van der Waals surface area contributed by atoms with Crippen molar-refractivity contribution in [3.63, 3.8) is 0 Å². The lowest BCUT2D eigenvalue weighted by atomic mass is 10.1. The van der Waals surface area contributed by atoms with Crippen molar-refractivity contribution in [3.8, 4) is 17.1 Å². The average Bonchev–Trinajstić information content (AvgIpc) is 3.20. The molecule has 162 valence electrons. The van der Waals surface area contributed by atoms with Crippen LogP contribution in [0.4, 0.5) is 0 Å². The normalized spacial score (nSPS) is 11.5. The molecule has 0 radical (unpaired) electrons. The van der Waals surface area contributed by atoms with Gasteiger partial charge in [-0.2, -0.15) is 5.10 Å². The topological polar surface area (TPSA) is 81.4 Å². The van der Waals surface area contributed by atoms with Crippen LogP contribution in [-0.2, 0) is 11.3 Å². The van der Waals surface area contributed by atoms with E-state index in [1.54, 1.807) is 32.2 Å². The lowest BCUT2D eigenvalue weighted by molar-refractivity contribution is -0.118. The highest BCUT2D eigenvalue weighted by Crippen LogP contribution is 2.26. The molecule has 0 aliphatic rings. The average molecular weight is 478 g/mol. The number of hydrogen-bond acceptors (Lipinski definition) is 6. The Labute approximate surface area is 194 Å². The van der Waals surface area contributed by atoms with Crippen molar-refractivity contribution < 1.29 is 9.53 Å². The fraction of sp³-hybridized carbons (Fsp3) is 0.238. The maximum absolute atomic E-state index is 12.3. The van der Waals surface area contributed by atoms with Gasteiger partial charge in [0.2, 0.25) is 0 Å². The quantitative estimate of drug-likeness (QED) is 0.283. The molecule has 3 rings (SSSR count). The van der Waals surface area contributed by atoms with Crippen LogP contribution >= 0.6 is 35.0 Å². The summed E-state index contributed by atoms with van der Waals surface area (Å²) >= 11 is 13.3. The maximum atomic E-state index is 12.3. The lowest BCUT2D eigenvalue weighted by Gasteiger charge is -2.08. The number of hydrazone groups is 1. The molecule has 1 amide bonds. The number of nitrogens with zero attached hydrogens (tertiary/aromatic N) is 4. The number of halogens is 2. The fourth-order valence-electron chi connectivity index (χ4n) is 2.73. The summed E-state index contributed by atoms with van der Waals surface area (Å²) in [7, 11) is 1.62. The third kappa shape index (κ3) is 5.78. The van der Waals surface area contributed by atoms with E-state index in [9.17, 15) is 4.79 Å². The Morgan fingerprint density at radius 2 is 1.90 bits per heavy atom. The Morgan fingerprint density at radius 3 is 2.55 bits per heavy atom. The van der Waals surface area contributed by atoms with Crippen LogP contribution in [0.2, 0.25) is 10.0 Å². The molecule has 0 fully saturated rings. The minimum Gasteiger partial charge on any atom is -0.497 e. The molecule has 7 nitrogen and oxygen atoms in total. The minimum absolute atomic E-state index is 0.152. The first kappa shape index (κ1) is 23.1. The molecule has 0 aliphatic heterocycles. The van der Waals surface area contributed by atoms with Crippen molar-refractivity contribution in [2.24, 2.45) is 5.10 Å². The summed E-state index contributed by atoms with van der Waals surface area (Å²) in [5, 5.41) is 14.2. The molecule has 1 aromatic heterocycles. The number of thioether (sulfide) groups is 1. The monoisotopic (exact) mass is 477 g/mol. The van der Waals surface area contributed by atoms with Crippen molar-refractivity contribution in [3.05, 3.63) is 58.1 Å². The Bertz CT molecular complexity index is 1100. The molecule has 0 saturated carbocycles. The van der Waals surface area contributed by atoms with Gasteiger partial charge >= 0.3 is 0 Å². The van der Waals surface area contributed by atoms with Gasteiger partial charge in [-0.15, -0.1) is 10.2 Å². The number of rotatable bonds is 8. The van der Waals surface area contributed by atoms with Crippen LogP contribution < -0.4 is 10.2 Å². The van der Waals surface area contributed by atoms with Crippen LogP contribution in [0.3, 0.4) is 0 Å². The number of carbonyl (C=O) groups excluding carboxylic acids is 1. The number of methoxy groups -OCH3 is 1. The lowest BCUT2D eigenvalue weighted by Crippen LogP contribution is -2.21. The van der Waals surface area contributed by atoms with Crippen LogP contribution in [-0.4, -0.2) is 39.2 Å². The standard InChI is InChI=1S/C21H21Cl2N5O2S/c1-4-28-20(14-5-8-16(30-3)9-6-14)26-27-21(28)31-12-19(29)25-24-13(2)15-7-10-17(22)18(23)11-15/h5-11H,4,12H2,1-3H3,(H,25,29). The predicted octanol–water partition coefficient (Wildman–Crippen LogP) is 4.91. The second kappa shape index (κ2) is 10.7.